The Morgan fingerprint density at radius 2 is 1.71 bits per heavy atom. The highest BCUT2D eigenvalue weighted by atomic mass is 16.5. The second-order valence-corrected chi connectivity index (χ2v) is 8.56. The summed E-state index contributed by atoms with van der Waals surface area (Å²) in [7, 11) is 1.54. The predicted octanol–water partition coefficient (Wildman–Crippen LogP) is 3.82. The van der Waals surface area contributed by atoms with Gasteiger partial charge in [-0.05, 0) is 62.1 Å². The first-order valence-corrected chi connectivity index (χ1v) is 11.5. The molecule has 3 aromatic rings. The molecule has 1 saturated carbocycles. The van der Waals surface area contributed by atoms with E-state index < -0.39 is 0 Å². The molecule has 1 saturated heterocycles. The largest absolute Gasteiger partial charge is 0.493 e. The zero-order valence-corrected chi connectivity index (χ0v) is 19.0. The van der Waals surface area contributed by atoms with Gasteiger partial charge in [-0.15, -0.1) is 5.10 Å². The summed E-state index contributed by atoms with van der Waals surface area (Å²) in [6.45, 7) is 1.24. The number of amides is 1. The number of methoxy groups -OCH3 is 1. The summed E-state index contributed by atoms with van der Waals surface area (Å²) >= 11 is 0. The third-order valence-electron chi connectivity index (χ3n) is 6.06. The Balaban J connectivity index is 1.22. The van der Waals surface area contributed by atoms with Crippen LogP contribution in [0.1, 0.15) is 47.8 Å². The average Bonchev–Trinajstić information content (AvgIpc) is 3.70. The number of aromatic nitrogens is 3. The molecule has 1 aromatic carbocycles. The second-order valence-electron chi connectivity index (χ2n) is 8.56. The molecular weight excluding hydrogens is 434 g/mol. The maximum Gasteiger partial charge on any atom is 0.272 e. The molecule has 9 nitrogen and oxygen atoms in total. The number of ether oxygens (including phenoxy) is 3. The first kappa shape index (κ1) is 21.9. The van der Waals surface area contributed by atoms with E-state index in [1.54, 1.807) is 19.2 Å². The summed E-state index contributed by atoms with van der Waals surface area (Å²) in [4.78, 5) is 19.2. The summed E-state index contributed by atoms with van der Waals surface area (Å²) in [6, 6.07) is 12.7. The van der Waals surface area contributed by atoms with E-state index in [0.29, 0.717) is 48.0 Å². The van der Waals surface area contributed by atoms with Crippen LogP contribution in [0.5, 0.6) is 23.0 Å². The van der Waals surface area contributed by atoms with E-state index in [4.69, 9.17) is 19.9 Å². The molecule has 34 heavy (non-hydrogen) atoms. The molecule has 3 heterocycles. The molecule has 1 aliphatic heterocycles. The van der Waals surface area contributed by atoms with Crippen LogP contribution in [-0.2, 0) is 0 Å². The van der Waals surface area contributed by atoms with Gasteiger partial charge in [-0.2, -0.15) is 5.10 Å². The second kappa shape index (κ2) is 9.54. The van der Waals surface area contributed by atoms with Gasteiger partial charge >= 0.3 is 0 Å². The van der Waals surface area contributed by atoms with E-state index >= 15 is 0 Å². The molecule has 0 atom stereocenters. The van der Waals surface area contributed by atoms with Crippen molar-refractivity contribution in [1.29, 1.82) is 0 Å². The molecule has 9 heteroatoms. The summed E-state index contributed by atoms with van der Waals surface area (Å²) in [5, 5.41) is 8.13. The molecule has 1 amide bonds. The van der Waals surface area contributed by atoms with Crippen molar-refractivity contribution in [1.82, 2.24) is 20.1 Å². The fourth-order valence-corrected chi connectivity index (χ4v) is 3.98. The maximum absolute atomic E-state index is 13.1. The minimum absolute atomic E-state index is 0.131. The predicted molar refractivity (Wildman–Crippen MR) is 125 cm³/mol. The van der Waals surface area contributed by atoms with Crippen molar-refractivity contribution in [2.45, 2.75) is 37.7 Å². The zero-order chi connectivity index (χ0) is 23.5. The van der Waals surface area contributed by atoms with Crippen molar-refractivity contribution in [2.75, 3.05) is 25.9 Å². The van der Waals surface area contributed by atoms with Crippen LogP contribution in [-0.4, -0.2) is 52.3 Å². The number of anilines is 1. The van der Waals surface area contributed by atoms with Gasteiger partial charge in [0.1, 0.15) is 23.0 Å². The maximum atomic E-state index is 13.1. The number of hydrogen-bond acceptors (Lipinski definition) is 8. The van der Waals surface area contributed by atoms with E-state index in [1.807, 2.05) is 35.2 Å². The molecule has 0 bridgehead atoms. The fourth-order valence-electron chi connectivity index (χ4n) is 3.98. The van der Waals surface area contributed by atoms with Crippen LogP contribution in [0.25, 0.3) is 0 Å². The molecule has 5 rings (SSSR count). The van der Waals surface area contributed by atoms with Crippen LogP contribution in [0, 0.1) is 0 Å². The van der Waals surface area contributed by atoms with Crippen LogP contribution in [0.15, 0.2) is 48.7 Å². The van der Waals surface area contributed by atoms with Gasteiger partial charge in [0.05, 0.1) is 25.1 Å². The molecule has 2 fully saturated rings. The van der Waals surface area contributed by atoms with Crippen molar-refractivity contribution >= 4 is 11.7 Å². The number of carbonyl (C=O) groups is 1. The smallest absolute Gasteiger partial charge is 0.272 e. The fraction of sp³-hybridized carbons (Fsp3) is 0.360. The number of benzene rings is 1. The summed E-state index contributed by atoms with van der Waals surface area (Å²) < 4.78 is 17.2. The minimum Gasteiger partial charge on any atom is -0.493 e. The Kier molecular flexibility index (Phi) is 6.16. The van der Waals surface area contributed by atoms with Gasteiger partial charge in [0.25, 0.3) is 5.91 Å². The molecule has 0 radical (unpaired) electrons. The molecule has 2 aliphatic rings. The van der Waals surface area contributed by atoms with E-state index in [9.17, 15) is 4.79 Å². The van der Waals surface area contributed by atoms with Gasteiger partial charge in [0.15, 0.2) is 11.5 Å². The number of nitrogens with two attached hydrogens (primary N) is 1. The Labute approximate surface area is 197 Å². The Morgan fingerprint density at radius 1 is 0.971 bits per heavy atom. The van der Waals surface area contributed by atoms with Crippen LogP contribution in [0.4, 0.5) is 5.82 Å². The number of likely N-dealkylation sites (tertiary alicyclic amines) is 1. The molecule has 2 N–H and O–H groups in total. The quantitative estimate of drug-likeness (QED) is 0.565. The van der Waals surface area contributed by atoms with Crippen LogP contribution in [0.2, 0.25) is 0 Å². The van der Waals surface area contributed by atoms with Crippen molar-refractivity contribution in [3.8, 4) is 23.0 Å². The summed E-state index contributed by atoms with van der Waals surface area (Å²) in [5.74, 6) is 2.88. The molecular formula is C25H27N5O4. The number of nitrogen functional groups attached to an aromatic ring is 1. The van der Waals surface area contributed by atoms with Crippen molar-refractivity contribution in [2.24, 2.45) is 0 Å². The number of pyridine rings is 1. The molecule has 0 spiro atoms. The van der Waals surface area contributed by atoms with Crippen LogP contribution >= 0.6 is 0 Å². The van der Waals surface area contributed by atoms with E-state index in [0.717, 1.165) is 37.1 Å². The molecule has 176 valence electrons. The highest BCUT2D eigenvalue weighted by Gasteiger charge is 2.27. The standard InChI is InChI=1S/C25H27N5O4/c1-32-22-14-21(25(31)30-12-10-16(11-13-30)20-8-9-24(26)29-28-20)27-15-23(22)34-19-6-4-18(5-7-19)33-17-2-3-17/h4-9,14-17H,2-3,10-13H2,1H3,(H2,26,29). The van der Waals surface area contributed by atoms with E-state index in [1.165, 1.54) is 6.20 Å². The van der Waals surface area contributed by atoms with Gasteiger partial charge in [0, 0.05) is 25.1 Å². The summed E-state index contributed by atoms with van der Waals surface area (Å²) in [5.41, 5.74) is 6.86. The lowest BCUT2D eigenvalue weighted by Gasteiger charge is -2.31. The Bertz CT molecular complexity index is 1140. The van der Waals surface area contributed by atoms with Crippen molar-refractivity contribution in [3.63, 3.8) is 0 Å². The number of rotatable bonds is 7. The molecule has 1 aliphatic carbocycles. The van der Waals surface area contributed by atoms with Crippen LogP contribution in [0.3, 0.4) is 0 Å². The van der Waals surface area contributed by atoms with Gasteiger partial charge in [0.2, 0.25) is 0 Å². The molecule has 2 aromatic heterocycles. The van der Waals surface area contributed by atoms with Crippen molar-refractivity contribution < 1.29 is 19.0 Å². The third kappa shape index (κ3) is 5.03. The minimum atomic E-state index is -0.131. The topological polar surface area (TPSA) is 113 Å². The molecule has 0 unspecified atom stereocenters. The number of piperidine rings is 1. The Morgan fingerprint density at radius 3 is 2.35 bits per heavy atom. The highest BCUT2D eigenvalue weighted by Crippen LogP contribution is 2.34. The average molecular weight is 462 g/mol. The lowest BCUT2D eigenvalue weighted by molar-refractivity contribution is 0.0705. The number of carbonyl (C=O) groups excluding carboxylic acids is 1. The summed E-state index contributed by atoms with van der Waals surface area (Å²) in [6.07, 6.45) is 5.71. The first-order chi connectivity index (χ1) is 16.6. The van der Waals surface area contributed by atoms with E-state index in [-0.39, 0.29) is 11.8 Å². The van der Waals surface area contributed by atoms with Gasteiger partial charge in [-0.3, -0.25) is 4.79 Å². The highest BCUT2D eigenvalue weighted by molar-refractivity contribution is 5.93. The van der Waals surface area contributed by atoms with Gasteiger partial charge in [-0.25, -0.2) is 4.98 Å². The Hall–Kier alpha value is -3.88. The van der Waals surface area contributed by atoms with Gasteiger partial charge < -0.3 is 24.8 Å². The van der Waals surface area contributed by atoms with Crippen molar-refractivity contribution in [3.05, 3.63) is 60.0 Å². The van der Waals surface area contributed by atoms with Crippen LogP contribution < -0.4 is 19.9 Å². The van der Waals surface area contributed by atoms with Gasteiger partial charge in [-0.1, -0.05) is 0 Å². The van der Waals surface area contributed by atoms with E-state index in [2.05, 4.69) is 15.2 Å². The zero-order valence-electron chi connectivity index (χ0n) is 19.0. The third-order valence-corrected chi connectivity index (χ3v) is 6.06. The SMILES string of the molecule is COc1cc(C(=O)N2CCC(c3ccc(N)nn3)CC2)ncc1Oc1ccc(OC2CC2)cc1. The first-order valence-electron chi connectivity index (χ1n) is 11.5. The lowest BCUT2D eigenvalue weighted by Crippen LogP contribution is -2.38. The normalized spacial score (nSPS) is 16.2. The monoisotopic (exact) mass is 461 g/mol. The lowest BCUT2D eigenvalue weighted by atomic mass is 9.93. The number of nitrogens with zero attached hydrogens (tertiary/aromatic N) is 4. The number of hydrogen-bond donors (Lipinski definition) is 1.